The first-order valence-corrected chi connectivity index (χ1v) is 12.5. The maximum absolute atomic E-state index is 12.9. The molecule has 1 aliphatic heterocycles. The highest BCUT2D eigenvalue weighted by Gasteiger charge is 2.18. The van der Waals surface area contributed by atoms with Crippen molar-refractivity contribution in [3.63, 3.8) is 0 Å². The zero-order chi connectivity index (χ0) is 23.6. The Morgan fingerprint density at radius 3 is 2.67 bits per heavy atom. The number of rotatable bonds is 7. The number of nitrogens with zero attached hydrogens (tertiary/aromatic N) is 1. The van der Waals surface area contributed by atoms with Crippen LogP contribution in [0, 0.1) is 4.77 Å². The molecular formula is C22H24N4O5S2. The largest absolute Gasteiger partial charge is 0.376 e. The molecule has 1 amide bonds. The number of amides is 1. The minimum absolute atomic E-state index is 0.0174. The molecule has 1 atom stereocenters. The molecule has 3 aromatic rings. The van der Waals surface area contributed by atoms with E-state index in [4.69, 9.17) is 22.1 Å². The van der Waals surface area contributed by atoms with E-state index in [1.807, 2.05) is 0 Å². The number of hydrogen-bond donors (Lipinski definition) is 3. The molecule has 33 heavy (non-hydrogen) atoms. The van der Waals surface area contributed by atoms with Crippen molar-refractivity contribution in [1.29, 1.82) is 0 Å². The summed E-state index contributed by atoms with van der Waals surface area (Å²) in [5.74, 6) is -0.291. The number of nitrogens with one attached hydrogen (secondary N) is 2. The van der Waals surface area contributed by atoms with Gasteiger partial charge in [0.2, 0.25) is 10.0 Å². The molecule has 1 saturated heterocycles. The van der Waals surface area contributed by atoms with Crippen LogP contribution in [0.25, 0.3) is 10.9 Å². The SMILES string of the molecule is NS(=O)(=O)c1ccc(CCNC(=O)c2ccc3c(=O)n(C[C@@H]4CCCO4)c(=S)[nH]c3c2)cc1. The van der Waals surface area contributed by atoms with Gasteiger partial charge in [0.15, 0.2) is 4.77 Å². The van der Waals surface area contributed by atoms with Gasteiger partial charge in [-0.15, -0.1) is 0 Å². The lowest BCUT2D eigenvalue weighted by Crippen LogP contribution is -2.28. The maximum Gasteiger partial charge on any atom is 0.262 e. The summed E-state index contributed by atoms with van der Waals surface area (Å²) in [4.78, 5) is 28.6. The van der Waals surface area contributed by atoms with E-state index in [-0.39, 0.29) is 22.5 Å². The lowest BCUT2D eigenvalue weighted by atomic mass is 10.1. The van der Waals surface area contributed by atoms with E-state index in [9.17, 15) is 18.0 Å². The van der Waals surface area contributed by atoms with E-state index >= 15 is 0 Å². The molecule has 0 unspecified atom stereocenters. The van der Waals surface area contributed by atoms with Crippen molar-refractivity contribution in [3.8, 4) is 0 Å². The molecule has 0 saturated carbocycles. The highest BCUT2D eigenvalue weighted by Crippen LogP contribution is 2.15. The minimum atomic E-state index is -3.73. The molecule has 11 heteroatoms. The highest BCUT2D eigenvalue weighted by atomic mass is 32.2. The summed E-state index contributed by atoms with van der Waals surface area (Å²) in [5.41, 5.74) is 1.55. The predicted molar refractivity (Wildman–Crippen MR) is 126 cm³/mol. The van der Waals surface area contributed by atoms with Crippen molar-refractivity contribution < 1.29 is 17.9 Å². The molecule has 2 aromatic carbocycles. The van der Waals surface area contributed by atoms with Gasteiger partial charge in [-0.2, -0.15) is 0 Å². The van der Waals surface area contributed by atoms with E-state index in [0.717, 1.165) is 18.4 Å². The topological polar surface area (TPSA) is 136 Å². The number of aromatic amines is 1. The van der Waals surface area contributed by atoms with Crippen molar-refractivity contribution in [2.75, 3.05) is 13.2 Å². The summed E-state index contributed by atoms with van der Waals surface area (Å²) in [5, 5.41) is 8.37. The molecule has 4 N–H and O–H groups in total. The van der Waals surface area contributed by atoms with Gasteiger partial charge in [-0.25, -0.2) is 13.6 Å². The molecule has 4 rings (SSSR count). The van der Waals surface area contributed by atoms with Gasteiger partial charge in [0.25, 0.3) is 11.5 Å². The van der Waals surface area contributed by atoms with Crippen LogP contribution in [0.15, 0.2) is 52.2 Å². The van der Waals surface area contributed by atoms with Crippen LogP contribution < -0.4 is 16.0 Å². The van der Waals surface area contributed by atoms with E-state index in [1.165, 1.54) is 16.7 Å². The summed E-state index contributed by atoms with van der Waals surface area (Å²) in [6, 6.07) is 11.0. The van der Waals surface area contributed by atoms with E-state index in [2.05, 4.69) is 10.3 Å². The normalized spacial score (nSPS) is 16.2. The van der Waals surface area contributed by atoms with Gasteiger partial charge < -0.3 is 15.0 Å². The van der Waals surface area contributed by atoms with Crippen molar-refractivity contribution in [2.24, 2.45) is 5.14 Å². The number of benzene rings is 2. The Bertz CT molecular complexity index is 1410. The fourth-order valence-electron chi connectivity index (χ4n) is 3.82. The standard InChI is InChI=1S/C22H24N4O5S2/c23-33(29,30)17-6-3-14(4-7-17)9-10-24-20(27)15-5-8-18-19(12-15)25-22(32)26(21(18)28)13-16-2-1-11-31-16/h3-8,12,16H,1-2,9-11,13H2,(H,24,27)(H,25,32)(H2,23,29,30)/t16-/m0/s1. The Kier molecular flexibility index (Phi) is 6.75. The number of nitrogens with two attached hydrogens (primary N) is 1. The molecule has 0 radical (unpaired) electrons. The lowest BCUT2D eigenvalue weighted by molar-refractivity contribution is 0.0953. The van der Waals surface area contributed by atoms with Crippen LogP contribution in [0.3, 0.4) is 0 Å². The Morgan fingerprint density at radius 1 is 1.24 bits per heavy atom. The third-order valence-electron chi connectivity index (χ3n) is 5.61. The van der Waals surface area contributed by atoms with Gasteiger partial charge in [0.05, 0.1) is 28.4 Å². The first kappa shape index (κ1) is 23.3. The van der Waals surface area contributed by atoms with Crippen molar-refractivity contribution >= 4 is 39.1 Å². The van der Waals surface area contributed by atoms with Gasteiger partial charge in [-0.3, -0.25) is 14.2 Å². The summed E-state index contributed by atoms with van der Waals surface area (Å²) in [7, 11) is -3.73. The van der Waals surface area contributed by atoms with Crippen LogP contribution in [0.2, 0.25) is 0 Å². The average molecular weight is 489 g/mol. The Labute approximate surface area is 195 Å². The molecule has 0 aliphatic carbocycles. The molecule has 2 heterocycles. The second kappa shape index (κ2) is 9.56. The molecule has 1 fully saturated rings. The zero-order valence-electron chi connectivity index (χ0n) is 17.7. The molecule has 1 aromatic heterocycles. The van der Waals surface area contributed by atoms with Crippen LogP contribution in [0.1, 0.15) is 28.8 Å². The highest BCUT2D eigenvalue weighted by molar-refractivity contribution is 7.89. The fourth-order valence-corrected chi connectivity index (χ4v) is 4.60. The summed E-state index contributed by atoms with van der Waals surface area (Å²) in [6.07, 6.45) is 2.37. The second-order valence-electron chi connectivity index (χ2n) is 7.94. The van der Waals surface area contributed by atoms with Crippen LogP contribution in [0.5, 0.6) is 0 Å². The number of carbonyl (C=O) groups excluding carboxylic acids is 1. The monoisotopic (exact) mass is 488 g/mol. The molecule has 174 valence electrons. The summed E-state index contributed by atoms with van der Waals surface area (Å²) >= 11 is 5.37. The Hall–Kier alpha value is -2.86. The smallest absolute Gasteiger partial charge is 0.262 e. The molecular weight excluding hydrogens is 464 g/mol. The number of ether oxygens (including phenoxy) is 1. The zero-order valence-corrected chi connectivity index (χ0v) is 19.4. The number of carbonyl (C=O) groups is 1. The quantitative estimate of drug-likeness (QED) is 0.434. The Balaban J connectivity index is 1.44. The molecule has 0 spiro atoms. The predicted octanol–water partition coefficient (Wildman–Crippen LogP) is 1.86. The maximum atomic E-state index is 12.9. The van der Waals surface area contributed by atoms with Crippen molar-refractivity contribution in [1.82, 2.24) is 14.9 Å². The van der Waals surface area contributed by atoms with Gasteiger partial charge >= 0.3 is 0 Å². The minimum Gasteiger partial charge on any atom is -0.376 e. The first-order valence-electron chi connectivity index (χ1n) is 10.5. The van der Waals surface area contributed by atoms with Crippen molar-refractivity contribution in [3.05, 3.63) is 68.7 Å². The van der Waals surface area contributed by atoms with Gasteiger partial charge in [-0.05, 0) is 67.4 Å². The van der Waals surface area contributed by atoms with Gasteiger partial charge in [-0.1, -0.05) is 12.1 Å². The van der Waals surface area contributed by atoms with Gasteiger partial charge in [0.1, 0.15) is 0 Å². The van der Waals surface area contributed by atoms with E-state index in [1.54, 1.807) is 30.3 Å². The summed E-state index contributed by atoms with van der Waals surface area (Å²) in [6.45, 7) is 1.46. The third-order valence-corrected chi connectivity index (χ3v) is 6.86. The van der Waals surface area contributed by atoms with Crippen LogP contribution in [-0.2, 0) is 27.7 Å². The van der Waals surface area contributed by atoms with Crippen LogP contribution in [-0.4, -0.2) is 43.1 Å². The van der Waals surface area contributed by atoms with Crippen LogP contribution in [0.4, 0.5) is 0 Å². The number of fused-ring (bicyclic) bond motifs is 1. The number of H-pyrrole nitrogens is 1. The summed E-state index contributed by atoms with van der Waals surface area (Å²) < 4.78 is 30.1. The number of hydrogen-bond acceptors (Lipinski definition) is 6. The number of primary sulfonamides is 1. The fraction of sp³-hybridized carbons (Fsp3) is 0.318. The van der Waals surface area contributed by atoms with Gasteiger partial charge in [0, 0.05) is 18.7 Å². The van der Waals surface area contributed by atoms with Crippen LogP contribution >= 0.6 is 12.2 Å². The van der Waals surface area contributed by atoms with Crippen molar-refractivity contribution in [2.45, 2.75) is 36.8 Å². The number of sulfonamides is 1. The average Bonchev–Trinajstić information content (AvgIpc) is 3.29. The van der Waals surface area contributed by atoms with E-state index in [0.29, 0.717) is 47.4 Å². The second-order valence-corrected chi connectivity index (χ2v) is 9.88. The first-order chi connectivity index (χ1) is 15.7. The lowest BCUT2D eigenvalue weighted by Gasteiger charge is -2.13. The molecule has 1 aliphatic rings. The Morgan fingerprint density at radius 2 is 2.00 bits per heavy atom. The molecule has 0 bridgehead atoms. The van der Waals surface area contributed by atoms with E-state index < -0.39 is 10.0 Å². The molecule has 9 nitrogen and oxygen atoms in total. The third kappa shape index (κ3) is 5.38. The number of aromatic nitrogens is 2.